The van der Waals surface area contributed by atoms with Gasteiger partial charge in [0.1, 0.15) is 10.7 Å². The van der Waals surface area contributed by atoms with Crippen molar-refractivity contribution in [3.05, 3.63) is 98.9 Å². The van der Waals surface area contributed by atoms with Crippen LogP contribution in [0.1, 0.15) is 22.0 Å². The molecule has 0 amide bonds. The van der Waals surface area contributed by atoms with Crippen LogP contribution in [0.3, 0.4) is 0 Å². The Morgan fingerprint density at radius 3 is 2.04 bits per heavy atom. The molecule has 3 rings (SSSR count). The van der Waals surface area contributed by atoms with Crippen molar-refractivity contribution in [2.75, 3.05) is 5.32 Å². The van der Waals surface area contributed by atoms with Gasteiger partial charge in [-0.3, -0.25) is 4.79 Å². The summed E-state index contributed by atoms with van der Waals surface area (Å²) < 4.78 is 1.86. The van der Waals surface area contributed by atoms with E-state index in [-0.39, 0.29) is 11.8 Å². The van der Waals surface area contributed by atoms with E-state index in [0.29, 0.717) is 5.56 Å². The molecule has 3 aromatic rings. The van der Waals surface area contributed by atoms with Crippen LogP contribution >= 0.6 is 43.6 Å². The van der Waals surface area contributed by atoms with Crippen LogP contribution in [0.5, 0.6) is 0 Å². The number of para-hydroxylation sites is 1. The number of nitrogens with one attached hydrogen (secondary N) is 1. The molecule has 0 spiro atoms. The Hall–Kier alpha value is -2.07. The van der Waals surface area contributed by atoms with Gasteiger partial charge in [0.15, 0.2) is 5.78 Å². The molecule has 0 bridgehead atoms. The maximum Gasteiger partial charge on any atom is 0.179 e. The van der Waals surface area contributed by atoms with Crippen LogP contribution in [-0.2, 0) is 0 Å². The number of benzene rings is 3. The Morgan fingerprint density at radius 1 is 0.893 bits per heavy atom. The number of nitrogens with zero attached hydrogens (tertiary/aromatic N) is 1. The fourth-order valence-corrected chi connectivity index (χ4v) is 4.07. The highest BCUT2D eigenvalue weighted by atomic mass is 79.9. The van der Waals surface area contributed by atoms with Gasteiger partial charge in [0.25, 0.3) is 0 Å². The fourth-order valence-electron chi connectivity index (χ4n) is 2.83. The van der Waals surface area contributed by atoms with Crippen molar-refractivity contribution in [3.8, 4) is 5.40 Å². The molecule has 3 aromatic carbocycles. The SMILES string of the molecule is N#CS[C@@H](C(=O)c1ccc(Br)cc1)[C@H](Nc1ccccc1)c1ccc(Br)cc1. The Morgan fingerprint density at radius 2 is 1.46 bits per heavy atom. The summed E-state index contributed by atoms with van der Waals surface area (Å²) in [5.74, 6) is -0.0876. The predicted octanol–water partition coefficient (Wildman–Crippen LogP) is 6.83. The molecular weight excluding hydrogens is 500 g/mol. The zero-order valence-electron chi connectivity index (χ0n) is 14.7. The lowest BCUT2D eigenvalue weighted by Crippen LogP contribution is -2.30. The number of carbonyl (C=O) groups is 1. The molecule has 0 saturated carbocycles. The van der Waals surface area contributed by atoms with Crippen LogP contribution < -0.4 is 5.32 Å². The smallest absolute Gasteiger partial charge is 0.179 e. The average molecular weight is 516 g/mol. The number of hydrogen-bond acceptors (Lipinski definition) is 4. The third-order valence-electron chi connectivity index (χ3n) is 4.19. The number of Topliss-reactive ketones (excluding diaryl/α,β-unsaturated/α-hetero) is 1. The molecule has 28 heavy (non-hydrogen) atoms. The first-order valence-electron chi connectivity index (χ1n) is 8.50. The Bertz CT molecular complexity index is 970. The summed E-state index contributed by atoms with van der Waals surface area (Å²) in [7, 11) is 0. The number of rotatable bonds is 7. The summed E-state index contributed by atoms with van der Waals surface area (Å²) in [4.78, 5) is 13.3. The van der Waals surface area contributed by atoms with Crippen molar-refractivity contribution < 1.29 is 4.79 Å². The van der Waals surface area contributed by atoms with E-state index in [0.717, 1.165) is 32.0 Å². The third-order valence-corrected chi connectivity index (χ3v) is 6.10. The maximum atomic E-state index is 13.3. The highest BCUT2D eigenvalue weighted by Gasteiger charge is 2.31. The molecule has 140 valence electrons. The van der Waals surface area contributed by atoms with E-state index in [1.165, 1.54) is 0 Å². The zero-order chi connectivity index (χ0) is 19.9. The van der Waals surface area contributed by atoms with Crippen LogP contribution in [0.15, 0.2) is 87.8 Å². The minimum absolute atomic E-state index is 0.0876. The number of nitriles is 1. The van der Waals surface area contributed by atoms with Gasteiger partial charge in [-0.05, 0) is 53.7 Å². The van der Waals surface area contributed by atoms with Gasteiger partial charge in [-0.15, -0.1) is 0 Å². The van der Waals surface area contributed by atoms with E-state index < -0.39 is 5.25 Å². The molecule has 0 aliphatic rings. The number of halogens is 2. The van der Waals surface area contributed by atoms with Crippen LogP contribution in [0.2, 0.25) is 0 Å². The zero-order valence-corrected chi connectivity index (χ0v) is 18.7. The first kappa shape index (κ1) is 20.7. The van der Waals surface area contributed by atoms with E-state index in [2.05, 4.69) is 42.6 Å². The van der Waals surface area contributed by atoms with Crippen molar-refractivity contribution >= 4 is 55.1 Å². The Labute approximate surface area is 185 Å². The summed E-state index contributed by atoms with van der Waals surface area (Å²) >= 11 is 7.83. The second-order valence-corrected chi connectivity index (χ2v) is 8.80. The molecule has 0 saturated heterocycles. The van der Waals surface area contributed by atoms with Gasteiger partial charge >= 0.3 is 0 Å². The molecule has 2 atom stereocenters. The highest BCUT2D eigenvalue weighted by Crippen LogP contribution is 2.33. The first-order valence-corrected chi connectivity index (χ1v) is 11.0. The van der Waals surface area contributed by atoms with E-state index >= 15 is 0 Å². The summed E-state index contributed by atoms with van der Waals surface area (Å²) in [5.41, 5.74) is 2.40. The maximum absolute atomic E-state index is 13.3. The molecule has 3 nitrogen and oxygen atoms in total. The van der Waals surface area contributed by atoms with E-state index in [1.807, 2.05) is 66.7 Å². The number of thiocyanates is 1. The minimum Gasteiger partial charge on any atom is -0.377 e. The van der Waals surface area contributed by atoms with Crippen molar-refractivity contribution in [2.24, 2.45) is 0 Å². The number of ketones is 1. The van der Waals surface area contributed by atoms with E-state index in [1.54, 1.807) is 12.1 Å². The number of anilines is 1. The van der Waals surface area contributed by atoms with Gasteiger partial charge in [-0.2, -0.15) is 5.26 Å². The van der Waals surface area contributed by atoms with Gasteiger partial charge in [0.05, 0.1) is 6.04 Å². The number of hydrogen-bond donors (Lipinski definition) is 1. The van der Waals surface area contributed by atoms with E-state index in [4.69, 9.17) is 0 Å². The quantitative estimate of drug-likeness (QED) is 0.276. The van der Waals surface area contributed by atoms with Crippen molar-refractivity contribution in [3.63, 3.8) is 0 Å². The molecule has 0 fully saturated rings. The standard InChI is InChI=1S/C22H16Br2N2OS/c23-17-10-6-15(7-11-17)20(26-19-4-2-1-3-5-19)22(28-14-25)21(27)16-8-12-18(24)13-9-16/h1-13,20,22,26H/t20-,22-/m1/s1. The summed E-state index contributed by atoms with van der Waals surface area (Å²) in [6.45, 7) is 0. The van der Waals surface area contributed by atoms with Crippen LogP contribution in [0, 0.1) is 10.7 Å². The van der Waals surface area contributed by atoms with Crippen LogP contribution in [0.25, 0.3) is 0 Å². The lowest BCUT2D eigenvalue weighted by Gasteiger charge is -2.26. The number of carbonyl (C=O) groups excluding carboxylic acids is 1. The lowest BCUT2D eigenvalue weighted by atomic mass is 9.97. The second kappa shape index (κ2) is 9.92. The van der Waals surface area contributed by atoms with E-state index in [9.17, 15) is 10.1 Å². The average Bonchev–Trinajstić information content (AvgIpc) is 2.72. The van der Waals surface area contributed by atoms with Crippen LogP contribution in [0.4, 0.5) is 5.69 Å². The van der Waals surface area contributed by atoms with Crippen molar-refractivity contribution in [1.29, 1.82) is 5.26 Å². The number of thioether (sulfide) groups is 1. The van der Waals surface area contributed by atoms with Crippen LogP contribution in [-0.4, -0.2) is 11.0 Å². The lowest BCUT2D eigenvalue weighted by molar-refractivity contribution is 0.0983. The van der Waals surface area contributed by atoms with Crippen molar-refractivity contribution in [1.82, 2.24) is 0 Å². The molecule has 0 aliphatic heterocycles. The van der Waals surface area contributed by atoms with Gasteiger partial charge < -0.3 is 5.32 Å². The Kier molecular flexibility index (Phi) is 7.32. The largest absolute Gasteiger partial charge is 0.377 e. The molecule has 0 aromatic heterocycles. The molecule has 1 N–H and O–H groups in total. The molecule has 0 aliphatic carbocycles. The highest BCUT2D eigenvalue weighted by molar-refractivity contribution is 9.10. The van der Waals surface area contributed by atoms with Gasteiger partial charge in [0, 0.05) is 20.2 Å². The third kappa shape index (κ3) is 5.26. The molecule has 6 heteroatoms. The second-order valence-electron chi connectivity index (χ2n) is 6.04. The topological polar surface area (TPSA) is 52.9 Å². The molecule has 0 unspecified atom stereocenters. The van der Waals surface area contributed by atoms with Gasteiger partial charge in [0.2, 0.25) is 0 Å². The van der Waals surface area contributed by atoms with Crippen molar-refractivity contribution in [2.45, 2.75) is 11.3 Å². The molecule has 0 radical (unpaired) electrons. The van der Waals surface area contributed by atoms with Gasteiger partial charge in [-0.25, -0.2) is 0 Å². The fraction of sp³-hybridized carbons (Fsp3) is 0.0909. The Balaban J connectivity index is 2.00. The molecular formula is C22H16Br2N2OS. The summed E-state index contributed by atoms with van der Waals surface area (Å²) in [5, 5.41) is 14.4. The summed E-state index contributed by atoms with van der Waals surface area (Å²) in [6, 6.07) is 24.4. The minimum atomic E-state index is -0.604. The van der Waals surface area contributed by atoms with Gasteiger partial charge in [-0.1, -0.05) is 74.3 Å². The monoisotopic (exact) mass is 514 g/mol. The first-order chi connectivity index (χ1) is 13.6. The molecule has 0 heterocycles. The predicted molar refractivity (Wildman–Crippen MR) is 122 cm³/mol. The normalized spacial score (nSPS) is 12.6. The summed E-state index contributed by atoms with van der Waals surface area (Å²) in [6.07, 6.45) is 0.